The van der Waals surface area contributed by atoms with Crippen LogP contribution in [0.4, 0.5) is 0 Å². The summed E-state index contributed by atoms with van der Waals surface area (Å²) in [5, 5.41) is 0.968. The van der Waals surface area contributed by atoms with Crippen LogP contribution in [0.25, 0.3) is 12.2 Å². The lowest BCUT2D eigenvalue weighted by molar-refractivity contribution is 0.492. The quantitative estimate of drug-likeness (QED) is 0.665. The molecule has 1 aromatic rings. The molecule has 0 amide bonds. The summed E-state index contributed by atoms with van der Waals surface area (Å²) >= 11 is 2.32. The van der Waals surface area contributed by atoms with E-state index >= 15 is 0 Å². The van der Waals surface area contributed by atoms with Gasteiger partial charge >= 0.3 is 0 Å². The van der Waals surface area contributed by atoms with E-state index in [2.05, 4.69) is 39.7 Å². The van der Waals surface area contributed by atoms with Crippen molar-refractivity contribution >= 4 is 34.7 Å². The minimum atomic E-state index is 0.734. The van der Waals surface area contributed by atoms with E-state index < -0.39 is 0 Å². The molecule has 0 fully saturated rings. The summed E-state index contributed by atoms with van der Waals surface area (Å²) < 4.78 is 6.69. The van der Waals surface area contributed by atoms with Crippen molar-refractivity contribution in [2.75, 3.05) is 0 Å². The third-order valence-electron chi connectivity index (χ3n) is 1.69. The molecule has 0 spiro atoms. The van der Waals surface area contributed by atoms with Crippen molar-refractivity contribution in [2.24, 2.45) is 0 Å². The predicted octanol–water partition coefficient (Wildman–Crippen LogP) is 1.27. The Balaban J connectivity index is 2.70. The number of hydrogen-bond acceptors (Lipinski definition) is 2. The summed E-state index contributed by atoms with van der Waals surface area (Å²) in [4.78, 5) is 4.26. The summed E-state index contributed by atoms with van der Waals surface area (Å²) in [5.74, 6) is 0.734. The molecule has 0 N–H and O–H groups in total. The Morgan fingerprint density at radius 1 is 1.50 bits per heavy atom. The van der Waals surface area contributed by atoms with Crippen LogP contribution in [0.1, 0.15) is 12.3 Å². The fourth-order valence-corrected chi connectivity index (χ4v) is 1.55. The molecule has 1 aliphatic carbocycles. The number of aromatic nitrogens is 1. The van der Waals surface area contributed by atoms with Crippen LogP contribution in [-0.2, 0) is 0 Å². The van der Waals surface area contributed by atoms with Gasteiger partial charge in [0.15, 0.2) is 11.3 Å². The summed E-state index contributed by atoms with van der Waals surface area (Å²) in [5.41, 5.74) is 0.874. The number of aryl methyl sites for hydroxylation is 1. The Morgan fingerprint density at radius 2 is 2.33 bits per heavy atom. The molecule has 1 heterocycles. The summed E-state index contributed by atoms with van der Waals surface area (Å²) in [6.45, 7) is 1.87. The molecule has 12 heavy (non-hydrogen) atoms. The van der Waals surface area contributed by atoms with Crippen molar-refractivity contribution in [3.05, 3.63) is 26.3 Å². The molecule has 0 aromatic carbocycles. The second kappa shape index (κ2) is 3.05. The van der Waals surface area contributed by atoms with E-state index in [-0.39, 0.29) is 0 Å². The molecule has 2 nitrogen and oxygen atoms in total. The first-order chi connectivity index (χ1) is 5.75. The molecular weight excluding hydrogens is 265 g/mol. The van der Waals surface area contributed by atoms with Crippen molar-refractivity contribution in [3.63, 3.8) is 0 Å². The molecule has 0 bridgehead atoms. The van der Waals surface area contributed by atoms with Gasteiger partial charge in [-0.3, -0.25) is 0 Å². The van der Waals surface area contributed by atoms with Gasteiger partial charge in [-0.15, -0.1) is 0 Å². The Kier molecular flexibility index (Phi) is 2.04. The Morgan fingerprint density at radius 3 is 3.17 bits per heavy atom. The summed E-state index contributed by atoms with van der Waals surface area (Å²) in [6, 6.07) is 0. The zero-order valence-electron chi connectivity index (χ0n) is 6.67. The maximum Gasteiger partial charge on any atom is 0.192 e. The SMILES string of the molecule is Cc1nc2c(o1)=CC=C(I)CC=2. The number of nitrogens with zero attached hydrogens (tertiary/aromatic N) is 1. The smallest absolute Gasteiger partial charge is 0.192 e. The Labute approximate surface area is 83.8 Å². The lowest BCUT2D eigenvalue weighted by Crippen LogP contribution is -2.20. The van der Waals surface area contributed by atoms with E-state index in [0.717, 1.165) is 23.1 Å². The second-order valence-corrected chi connectivity index (χ2v) is 4.06. The lowest BCUT2D eigenvalue weighted by atomic mass is 10.4. The van der Waals surface area contributed by atoms with Crippen LogP contribution in [0.5, 0.6) is 0 Å². The van der Waals surface area contributed by atoms with Gasteiger partial charge in [0.25, 0.3) is 0 Å². The number of oxazole rings is 1. The highest BCUT2D eigenvalue weighted by atomic mass is 127. The first kappa shape index (κ1) is 8.04. The molecule has 0 unspecified atom stereocenters. The van der Waals surface area contributed by atoms with Gasteiger partial charge in [-0.1, -0.05) is 0 Å². The van der Waals surface area contributed by atoms with Gasteiger partial charge in [-0.2, -0.15) is 0 Å². The molecule has 0 radical (unpaired) electrons. The van der Waals surface area contributed by atoms with Gasteiger partial charge in [-0.05, 0) is 50.8 Å². The largest absolute Gasteiger partial charge is 0.441 e. The topological polar surface area (TPSA) is 26.0 Å². The van der Waals surface area contributed by atoms with Crippen molar-refractivity contribution in [1.29, 1.82) is 0 Å². The highest BCUT2D eigenvalue weighted by Crippen LogP contribution is 2.12. The number of allylic oxidation sites excluding steroid dienone is 2. The Hall–Kier alpha value is -0.580. The van der Waals surface area contributed by atoms with Crippen LogP contribution in [-0.4, -0.2) is 4.98 Å². The van der Waals surface area contributed by atoms with E-state index in [1.165, 1.54) is 3.58 Å². The number of hydrogen-bond donors (Lipinski definition) is 0. The van der Waals surface area contributed by atoms with Gasteiger partial charge in [0.1, 0.15) is 5.35 Å². The van der Waals surface area contributed by atoms with Crippen LogP contribution in [0.2, 0.25) is 0 Å². The van der Waals surface area contributed by atoms with Crippen molar-refractivity contribution in [3.8, 4) is 0 Å². The highest BCUT2D eigenvalue weighted by Gasteiger charge is 1.98. The maximum atomic E-state index is 5.39. The van der Waals surface area contributed by atoms with Gasteiger partial charge in [0.05, 0.1) is 0 Å². The normalized spacial score (nSPS) is 15.3. The molecule has 1 aromatic heterocycles. The van der Waals surface area contributed by atoms with Gasteiger partial charge in [0, 0.05) is 6.92 Å². The average Bonchev–Trinajstić information content (AvgIpc) is 2.31. The highest BCUT2D eigenvalue weighted by molar-refractivity contribution is 14.1. The number of rotatable bonds is 0. The van der Waals surface area contributed by atoms with Crippen molar-refractivity contribution in [2.45, 2.75) is 13.3 Å². The van der Waals surface area contributed by atoms with Crippen LogP contribution in [0.3, 0.4) is 0 Å². The minimum absolute atomic E-state index is 0.734. The number of fused-ring (bicyclic) bond motifs is 1. The molecule has 62 valence electrons. The van der Waals surface area contributed by atoms with Gasteiger partial charge in [-0.25, -0.2) is 4.98 Å². The molecule has 0 atom stereocenters. The van der Waals surface area contributed by atoms with Crippen LogP contribution < -0.4 is 10.8 Å². The minimum Gasteiger partial charge on any atom is -0.441 e. The van der Waals surface area contributed by atoms with Gasteiger partial charge in [0.2, 0.25) is 0 Å². The third kappa shape index (κ3) is 1.46. The first-order valence-electron chi connectivity index (χ1n) is 3.76. The lowest BCUT2D eigenvalue weighted by Gasteiger charge is -1.85. The van der Waals surface area contributed by atoms with Crippen LogP contribution in [0.15, 0.2) is 14.1 Å². The predicted molar refractivity (Wildman–Crippen MR) is 56.1 cm³/mol. The van der Waals surface area contributed by atoms with Gasteiger partial charge < -0.3 is 4.42 Å². The molecule has 0 saturated heterocycles. The first-order valence-corrected chi connectivity index (χ1v) is 4.83. The fourth-order valence-electron chi connectivity index (χ4n) is 1.15. The summed E-state index contributed by atoms with van der Waals surface area (Å²) in [6.07, 6.45) is 7.08. The van der Waals surface area contributed by atoms with Crippen molar-refractivity contribution in [1.82, 2.24) is 4.98 Å². The van der Waals surface area contributed by atoms with Crippen molar-refractivity contribution < 1.29 is 4.42 Å². The average molecular weight is 273 g/mol. The summed E-state index contributed by atoms with van der Waals surface area (Å²) in [7, 11) is 0. The fraction of sp³-hybridized carbons (Fsp3) is 0.222. The molecule has 3 heteroatoms. The molecule has 0 saturated carbocycles. The number of halogens is 1. The monoisotopic (exact) mass is 273 g/mol. The maximum absolute atomic E-state index is 5.39. The third-order valence-corrected chi connectivity index (χ3v) is 2.49. The molecule has 2 rings (SSSR count). The van der Waals surface area contributed by atoms with Crippen LogP contribution >= 0.6 is 22.6 Å². The molecular formula is C9H8INO. The Bertz CT molecular complexity index is 442. The second-order valence-electron chi connectivity index (χ2n) is 2.67. The van der Waals surface area contributed by atoms with E-state index in [9.17, 15) is 0 Å². The molecule has 1 aliphatic rings. The standard InChI is InChI=1S/C9H8INO/c1-6-11-8-4-2-7(10)3-5-9(8)12-6/h3-5H,2H2,1H3. The van der Waals surface area contributed by atoms with E-state index in [0.29, 0.717) is 0 Å². The zero-order chi connectivity index (χ0) is 8.55. The van der Waals surface area contributed by atoms with E-state index in [1.807, 2.05) is 13.0 Å². The van der Waals surface area contributed by atoms with Crippen LogP contribution in [0, 0.1) is 6.92 Å². The zero-order valence-corrected chi connectivity index (χ0v) is 8.83. The molecule has 0 aliphatic heterocycles. The van der Waals surface area contributed by atoms with E-state index in [1.54, 1.807) is 0 Å². The van der Waals surface area contributed by atoms with E-state index in [4.69, 9.17) is 4.42 Å².